The van der Waals surface area contributed by atoms with Gasteiger partial charge in [0.2, 0.25) is 0 Å². The van der Waals surface area contributed by atoms with Crippen LogP contribution in [0.1, 0.15) is 23.5 Å². The summed E-state index contributed by atoms with van der Waals surface area (Å²) in [4.78, 5) is 12.0. The highest BCUT2D eigenvalue weighted by molar-refractivity contribution is 7.00. The van der Waals surface area contributed by atoms with Crippen LogP contribution in [0.25, 0.3) is 11.0 Å². The van der Waals surface area contributed by atoms with Gasteiger partial charge in [-0.15, -0.1) is 0 Å². The van der Waals surface area contributed by atoms with Crippen molar-refractivity contribution in [3.8, 4) is 17.2 Å². The van der Waals surface area contributed by atoms with E-state index in [0.29, 0.717) is 22.2 Å². The van der Waals surface area contributed by atoms with Crippen molar-refractivity contribution in [2.75, 3.05) is 14.2 Å². The van der Waals surface area contributed by atoms with Gasteiger partial charge in [-0.3, -0.25) is 4.79 Å². The lowest BCUT2D eigenvalue weighted by Crippen LogP contribution is -2.11. The van der Waals surface area contributed by atoms with Gasteiger partial charge in [-0.25, -0.2) is 0 Å². The van der Waals surface area contributed by atoms with Gasteiger partial charge in [0.05, 0.1) is 32.4 Å². The second-order valence-corrected chi connectivity index (χ2v) is 5.92. The summed E-state index contributed by atoms with van der Waals surface area (Å²) in [5, 5.41) is 20.3. The number of carbonyl (C=O) groups is 1. The molecule has 0 saturated heterocycles. The fourth-order valence-corrected chi connectivity index (χ4v) is 3.30. The third kappa shape index (κ3) is 3.20. The van der Waals surface area contributed by atoms with E-state index in [4.69, 9.17) is 9.47 Å². The third-order valence-electron chi connectivity index (χ3n) is 4.00. The fourth-order valence-electron chi connectivity index (χ4n) is 2.75. The van der Waals surface area contributed by atoms with Gasteiger partial charge in [0.25, 0.3) is 0 Å². The molecule has 0 saturated carbocycles. The van der Waals surface area contributed by atoms with Crippen LogP contribution in [0.15, 0.2) is 30.3 Å². The Morgan fingerprint density at radius 2 is 1.92 bits per heavy atom. The predicted molar refractivity (Wildman–Crippen MR) is 92.2 cm³/mol. The van der Waals surface area contributed by atoms with Gasteiger partial charge in [0, 0.05) is 11.5 Å². The van der Waals surface area contributed by atoms with Gasteiger partial charge in [-0.2, -0.15) is 8.75 Å². The number of phenols is 2. The van der Waals surface area contributed by atoms with Crippen LogP contribution in [0.2, 0.25) is 0 Å². The summed E-state index contributed by atoms with van der Waals surface area (Å²) in [5.74, 6) is -0.691. The van der Waals surface area contributed by atoms with Crippen molar-refractivity contribution >= 4 is 28.7 Å². The summed E-state index contributed by atoms with van der Waals surface area (Å²) >= 11 is 1.03. The van der Waals surface area contributed by atoms with Gasteiger partial charge in [-0.05, 0) is 29.8 Å². The Hall–Kier alpha value is -2.87. The number of fused-ring (bicyclic) bond motifs is 1. The Labute approximate surface area is 147 Å². The summed E-state index contributed by atoms with van der Waals surface area (Å²) in [5.41, 5.74) is 2.34. The highest BCUT2D eigenvalue weighted by Crippen LogP contribution is 2.40. The molecule has 0 aliphatic carbocycles. The number of methoxy groups -OCH3 is 2. The first kappa shape index (κ1) is 17.0. The summed E-state index contributed by atoms with van der Waals surface area (Å²) in [7, 11) is 2.75. The second-order valence-electron chi connectivity index (χ2n) is 5.39. The number of hydrogen-bond acceptors (Lipinski definition) is 8. The Bertz CT molecular complexity index is 925. The summed E-state index contributed by atoms with van der Waals surface area (Å²) in [6.45, 7) is 0. The van der Waals surface area contributed by atoms with Gasteiger partial charge in [0.15, 0.2) is 11.5 Å². The smallest absolute Gasteiger partial charge is 0.306 e. The van der Waals surface area contributed by atoms with Crippen LogP contribution < -0.4 is 4.74 Å². The molecule has 2 aromatic carbocycles. The van der Waals surface area contributed by atoms with E-state index < -0.39 is 11.9 Å². The Morgan fingerprint density at radius 1 is 1.16 bits per heavy atom. The van der Waals surface area contributed by atoms with Crippen molar-refractivity contribution in [3.05, 3.63) is 41.5 Å². The van der Waals surface area contributed by atoms with E-state index in [0.717, 1.165) is 11.7 Å². The molecule has 0 spiro atoms. The molecule has 25 heavy (non-hydrogen) atoms. The SMILES string of the molecule is COC(=O)C[C@H](c1ccc(O)c(OC)c1)c1c(O)ccc2nsnc12. The highest BCUT2D eigenvalue weighted by Gasteiger charge is 2.26. The number of phenolic OH excluding ortho intramolecular Hbond substituents is 2. The molecule has 1 aromatic heterocycles. The van der Waals surface area contributed by atoms with Crippen LogP contribution in [-0.2, 0) is 9.53 Å². The standard InChI is InChI=1S/C17H16N2O5S/c1-23-14-7-9(3-5-12(14)20)10(8-15(22)24-2)16-13(21)6-4-11-17(16)19-25-18-11/h3-7,10,20-21H,8H2,1-2H3/t10-/m1/s1. The van der Waals surface area contributed by atoms with Gasteiger partial charge >= 0.3 is 5.97 Å². The van der Waals surface area contributed by atoms with Crippen molar-refractivity contribution < 1.29 is 24.5 Å². The van der Waals surface area contributed by atoms with E-state index in [2.05, 4.69) is 8.75 Å². The van der Waals surface area contributed by atoms with E-state index in [1.807, 2.05) is 0 Å². The van der Waals surface area contributed by atoms with Crippen molar-refractivity contribution in [2.45, 2.75) is 12.3 Å². The molecule has 130 valence electrons. The molecule has 1 heterocycles. The van der Waals surface area contributed by atoms with E-state index in [1.54, 1.807) is 18.2 Å². The van der Waals surface area contributed by atoms with Gasteiger partial charge < -0.3 is 19.7 Å². The molecule has 3 aromatic rings. The molecule has 0 unspecified atom stereocenters. The van der Waals surface area contributed by atoms with Crippen molar-refractivity contribution in [3.63, 3.8) is 0 Å². The minimum atomic E-state index is -0.533. The molecule has 0 amide bonds. The molecule has 2 N–H and O–H groups in total. The lowest BCUT2D eigenvalue weighted by molar-refractivity contribution is -0.140. The van der Waals surface area contributed by atoms with Crippen molar-refractivity contribution in [1.82, 2.24) is 8.75 Å². The maximum Gasteiger partial charge on any atom is 0.306 e. The summed E-state index contributed by atoms with van der Waals surface area (Å²) in [6.07, 6.45) is -0.00533. The van der Waals surface area contributed by atoms with E-state index in [9.17, 15) is 15.0 Å². The van der Waals surface area contributed by atoms with Crippen molar-refractivity contribution in [1.29, 1.82) is 0 Å². The second kappa shape index (κ2) is 6.94. The maximum atomic E-state index is 12.0. The van der Waals surface area contributed by atoms with E-state index in [-0.39, 0.29) is 23.7 Å². The van der Waals surface area contributed by atoms with Crippen LogP contribution in [-0.4, -0.2) is 39.1 Å². The van der Waals surface area contributed by atoms with Crippen LogP contribution in [0.3, 0.4) is 0 Å². The molecule has 0 radical (unpaired) electrons. The largest absolute Gasteiger partial charge is 0.508 e. The molecule has 0 aliphatic rings. The number of ether oxygens (including phenoxy) is 2. The molecule has 0 fully saturated rings. The topological polar surface area (TPSA) is 102 Å². The average molecular weight is 360 g/mol. The Morgan fingerprint density at radius 3 is 2.64 bits per heavy atom. The number of carbonyl (C=O) groups excluding carboxylic acids is 1. The number of benzene rings is 2. The number of esters is 1. The number of rotatable bonds is 5. The Balaban J connectivity index is 2.19. The zero-order valence-corrected chi connectivity index (χ0v) is 14.4. The lowest BCUT2D eigenvalue weighted by Gasteiger charge is -2.19. The molecule has 1 atom stereocenters. The summed E-state index contributed by atoms with van der Waals surface area (Å²) in [6, 6.07) is 7.98. The molecule has 0 bridgehead atoms. The van der Waals surface area contributed by atoms with Crippen molar-refractivity contribution in [2.24, 2.45) is 0 Å². The molecule has 7 nitrogen and oxygen atoms in total. The maximum absolute atomic E-state index is 12.0. The molecule has 8 heteroatoms. The zero-order chi connectivity index (χ0) is 18.0. The lowest BCUT2D eigenvalue weighted by atomic mass is 9.87. The van der Waals surface area contributed by atoms with Crippen LogP contribution >= 0.6 is 11.7 Å². The average Bonchev–Trinajstić information content (AvgIpc) is 3.09. The third-order valence-corrected chi connectivity index (χ3v) is 4.54. The number of aromatic hydroxyl groups is 2. The van der Waals surface area contributed by atoms with Gasteiger partial charge in [-0.1, -0.05) is 6.07 Å². The van der Waals surface area contributed by atoms with Crippen LogP contribution in [0, 0.1) is 0 Å². The highest BCUT2D eigenvalue weighted by atomic mass is 32.1. The molecule has 0 aliphatic heterocycles. The van der Waals surface area contributed by atoms with Crippen LogP contribution in [0.4, 0.5) is 0 Å². The minimum Gasteiger partial charge on any atom is -0.508 e. The number of aromatic nitrogens is 2. The summed E-state index contributed by atoms with van der Waals surface area (Å²) < 4.78 is 18.4. The first-order valence-electron chi connectivity index (χ1n) is 7.43. The molecular formula is C17H16N2O5S. The molecule has 3 rings (SSSR count). The quantitative estimate of drug-likeness (QED) is 0.675. The van der Waals surface area contributed by atoms with Crippen LogP contribution in [0.5, 0.6) is 17.2 Å². The number of nitrogens with zero attached hydrogens (tertiary/aromatic N) is 2. The first-order chi connectivity index (χ1) is 12.0. The first-order valence-corrected chi connectivity index (χ1v) is 8.16. The number of hydrogen-bond donors (Lipinski definition) is 2. The zero-order valence-electron chi connectivity index (χ0n) is 13.6. The van der Waals surface area contributed by atoms with E-state index in [1.165, 1.54) is 26.4 Å². The van der Waals surface area contributed by atoms with Gasteiger partial charge in [0.1, 0.15) is 16.8 Å². The normalized spacial score (nSPS) is 12.1. The monoisotopic (exact) mass is 360 g/mol. The fraction of sp³-hybridized carbons (Fsp3) is 0.235. The molecular weight excluding hydrogens is 344 g/mol. The Kier molecular flexibility index (Phi) is 4.71. The minimum absolute atomic E-state index is 0.00533. The predicted octanol–water partition coefficient (Wildman–Crippen LogP) is 2.81. The van der Waals surface area contributed by atoms with E-state index >= 15 is 0 Å².